The number of benzene rings is 1. The number of hydrogen-bond acceptors (Lipinski definition) is 3. The Balaban J connectivity index is 0.00000191. The second-order valence-electron chi connectivity index (χ2n) is 3.89. The highest BCUT2D eigenvalue weighted by Gasteiger charge is 2.11. The molecule has 1 aromatic carbocycles. The van der Waals surface area contributed by atoms with Gasteiger partial charge in [-0.2, -0.15) is 0 Å². The van der Waals surface area contributed by atoms with Crippen LogP contribution in [0.15, 0.2) is 61.4 Å². The third kappa shape index (κ3) is 7.13. The molecule has 0 heterocycles. The molecule has 0 aromatic heterocycles. The van der Waals surface area contributed by atoms with Gasteiger partial charge in [-0.3, -0.25) is 4.79 Å². The topological polar surface area (TPSA) is 72.5 Å². The van der Waals surface area contributed by atoms with Crippen molar-refractivity contribution in [3.63, 3.8) is 0 Å². The van der Waals surface area contributed by atoms with Crippen LogP contribution in [0.3, 0.4) is 0 Å². The van der Waals surface area contributed by atoms with Gasteiger partial charge in [-0.05, 0) is 29.8 Å². The molecule has 21 heavy (non-hydrogen) atoms. The van der Waals surface area contributed by atoms with E-state index in [1.807, 2.05) is 13.8 Å². The number of hydrogen-bond donors (Lipinski definition) is 2. The third-order valence-corrected chi connectivity index (χ3v) is 2.40. The fraction of sp³-hybridized carbons (Fsp3) is 0.235. The van der Waals surface area contributed by atoms with Crippen LogP contribution in [0.2, 0.25) is 0 Å². The molecule has 0 saturated carbocycles. The quantitative estimate of drug-likeness (QED) is 0.591. The van der Waals surface area contributed by atoms with Crippen LogP contribution >= 0.6 is 0 Å². The van der Waals surface area contributed by atoms with Gasteiger partial charge >= 0.3 is 5.97 Å². The minimum atomic E-state index is -0.933. The van der Waals surface area contributed by atoms with Crippen molar-refractivity contribution in [1.29, 1.82) is 0 Å². The Hall–Kier alpha value is -2.33. The predicted octanol–water partition coefficient (Wildman–Crippen LogP) is 3.82. The maximum Gasteiger partial charge on any atom is 0.305 e. The molecule has 0 bridgehead atoms. The molecule has 0 amide bonds. The first-order valence-electron chi connectivity index (χ1n) is 6.77. The number of ether oxygens (including phenoxy) is 1. The zero-order chi connectivity index (χ0) is 16.3. The van der Waals surface area contributed by atoms with Crippen molar-refractivity contribution in [3.8, 4) is 5.75 Å². The summed E-state index contributed by atoms with van der Waals surface area (Å²) in [4.78, 5) is 10.6. The summed E-state index contributed by atoms with van der Waals surface area (Å²) in [5, 5.41) is 8.72. The van der Waals surface area contributed by atoms with Crippen molar-refractivity contribution in [3.05, 3.63) is 67.0 Å². The number of carboxylic acid groups (broad SMARTS) is 1. The standard InChI is InChI=1S/C15H17NO3.C2H6/c1-3-6-12(4-2)19-13-8-5-7-11(9-13)14(16)10-15(17)18;1-2/h3-9,14H,1-2,10,16H2,(H,17,18);1-2H3/b12-6+;. The van der Waals surface area contributed by atoms with E-state index in [2.05, 4.69) is 13.2 Å². The first-order valence-corrected chi connectivity index (χ1v) is 6.77. The van der Waals surface area contributed by atoms with E-state index in [-0.39, 0.29) is 6.42 Å². The normalized spacial score (nSPS) is 11.7. The number of rotatable bonds is 7. The molecular weight excluding hydrogens is 266 g/mol. The summed E-state index contributed by atoms with van der Waals surface area (Å²) in [6.45, 7) is 11.2. The SMILES string of the molecule is C=C/C=C(\C=C)Oc1cccc(C(N)CC(=O)O)c1.CC. The lowest BCUT2D eigenvalue weighted by atomic mass is 10.0. The van der Waals surface area contributed by atoms with Gasteiger partial charge in [0.1, 0.15) is 11.5 Å². The van der Waals surface area contributed by atoms with E-state index >= 15 is 0 Å². The lowest BCUT2D eigenvalue weighted by Gasteiger charge is -2.12. The largest absolute Gasteiger partial charge is 0.481 e. The van der Waals surface area contributed by atoms with E-state index in [9.17, 15) is 4.79 Å². The molecule has 1 rings (SSSR count). The van der Waals surface area contributed by atoms with Crippen LogP contribution in [0.5, 0.6) is 5.75 Å². The molecule has 3 N–H and O–H groups in total. The van der Waals surface area contributed by atoms with Gasteiger partial charge in [0.25, 0.3) is 0 Å². The van der Waals surface area contributed by atoms with Crippen molar-refractivity contribution >= 4 is 5.97 Å². The molecule has 1 aromatic rings. The van der Waals surface area contributed by atoms with Gasteiger partial charge in [-0.25, -0.2) is 0 Å². The molecule has 0 radical (unpaired) electrons. The van der Waals surface area contributed by atoms with E-state index in [4.69, 9.17) is 15.6 Å². The van der Waals surface area contributed by atoms with E-state index < -0.39 is 12.0 Å². The first-order chi connectivity index (χ1) is 10.1. The minimum Gasteiger partial charge on any atom is -0.481 e. The highest BCUT2D eigenvalue weighted by Crippen LogP contribution is 2.21. The van der Waals surface area contributed by atoms with Crippen LogP contribution in [0.1, 0.15) is 31.9 Å². The fourth-order valence-corrected chi connectivity index (χ4v) is 1.51. The molecule has 4 nitrogen and oxygen atoms in total. The van der Waals surface area contributed by atoms with Crippen LogP contribution in [-0.4, -0.2) is 11.1 Å². The number of allylic oxidation sites excluding steroid dienone is 3. The maximum absolute atomic E-state index is 10.6. The summed E-state index contributed by atoms with van der Waals surface area (Å²) in [6.07, 6.45) is 4.71. The van der Waals surface area contributed by atoms with Gasteiger partial charge in [-0.1, -0.05) is 45.2 Å². The molecule has 1 atom stereocenters. The van der Waals surface area contributed by atoms with Gasteiger partial charge < -0.3 is 15.6 Å². The summed E-state index contributed by atoms with van der Waals surface area (Å²) in [6, 6.07) is 6.45. The summed E-state index contributed by atoms with van der Waals surface area (Å²) in [7, 11) is 0. The number of carboxylic acids is 1. The molecule has 0 aliphatic rings. The lowest BCUT2D eigenvalue weighted by molar-refractivity contribution is -0.137. The number of aliphatic carboxylic acids is 1. The van der Waals surface area contributed by atoms with Crippen LogP contribution in [0.25, 0.3) is 0 Å². The summed E-state index contributed by atoms with van der Waals surface area (Å²) in [5.74, 6) is 0.197. The van der Waals surface area contributed by atoms with Gasteiger partial charge in [0.15, 0.2) is 0 Å². The van der Waals surface area contributed by atoms with E-state index in [1.54, 1.807) is 42.5 Å². The Morgan fingerprint density at radius 2 is 2.10 bits per heavy atom. The van der Waals surface area contributed by atoms with Crippen LogP contribution in [0, 0.1) is 0 Å². The van der Waals surface area contributed by atoms with Crippen molar-refractivity contribution in [2.75, 3.05) is 0 Å². The fourth-order valence-electron chi connectivity index (χ4n) is 1.51. The third-order valence-electron chi connectivity index (χ3n) is 2.40. The Morgan fingerprint density at radius 3 is 2.62 bits per heavy atom. The van der Waals surface area contributed by atoms with Gasteiger partial charge in [0.05, 0.1) is 6.42 Å². The average molecular weight is 289 g/mol. The Kier molecular flexibility index (Phi) is 9.30. The van der Waals surface area contributed by atoms with Gasteiger partial charge in [-0.15, -0.1) is 0 Å². The highest BCUT2D eigenvalue weighted by atomic mass is 16.5. The van der Waals surface area contributed by atoms with Gasteiger partial charge in [0.2, 0.25) is 0 Å². The van der Waals surface area contributed by atoms with Crippen molar-refractivity contribution in [1.82, 2.24) is 0 Å². The van der Waals surface area contributed by atoms with Crippen LogP contribution in [-0.2, 0) is 4.79 Å². The summed E-state index contributed by atoms with van der Waals surface area (Å²) in [5.41, 5.74) is 6.51. The molecule has 114 valence electrons. The second-order valence-corrected chi connectivity index (χ2v) is 3.89. The first kappa shape index (κ1) is 18.7. The molecule has 0 fully saturated rings. The smallest absolute Gasteiger partial charge is 0.305 e. The predicted molar refractivity (Wildman–Crippen MR) is 86.1 cm³/mol. The summed E-state index contributed by atoms with van der Waals surface area (Å²) < 4.78 is 5.57. The van der Waals surface area contributed by atoms with Crippen LogP contribution < -0.4 is 10.5 Å². The van der Waals surface area contributed by atoms with Crippen molar-refractivity contribution in [2.24, 2.45) is 5.73 Å². The molecule has 0 aliphatic heterocycles. The Morgan fingerprint density at radius 1 is 1.43 bits per heavy atom. The zero-order valence-electron chi connectivity index (χ0n) is 12.6. The van der Waals surface area contributed by atoms with E-state index in [0.717, 1.165) is 0 Å². The highest BCUT2D eigenvalue weighted by molar-refractivity contribution is 5.67. The molecule has 4 heteroatoms. The number of carbonyl (C=O) groups is 1. The monoisotopic (exact) mass is 289 g/mol. The Bertz CT molecular complexity index is 507. The Labute approximate surface area is 126 Å². The van der Waals surface area contributed by atoms with Gasteiger partial charge in [0, 0.05) is 6.04 Å². The second kappa shape index (κ2) is 10.5. The lowest BCUT2D eigenvalue weighted by Crippen LogP contribution is -2.14. The van der Waals surface area contributed by atoms with Crippen LogP contribution in [0.4, 0.5) is 0 Å². The average Bonchev–Trinajstić information content (AvgIpc) is 2.48. The summed E-state index contributed by atoms with van der Waals surface area (Å²) >= 11 is 0. The molecule has 0 spiro atoms. The molecule has 0 aliphatic carbocycles. The van der Waals surface area contributed by atoms with E-state index in [1.165, 1.54) is 0 Å². The molecular formula is C17H23NO3. The molecule has 1 unspecified atom stereocenters. The maximum atomic E-state index is 10.6. The van der Waals surface area contributed by atoms with Crippen molar-refractivity contribution < 1.29 is 14.6 Å². The number of nitrogens with two attached hydrogens (primary N) is 1. The molecule has 0 saturated heterocycles. The van der Waals surface area contributed by atoms with Crippen molar-refractivity contribution in [2.45, 2.75) is 26.3 Å². The zero-order valence-corrected chi connectivity index (χ0v) is 12.6. The minimum absolute atomic E-state index is 0.125. The van der Waals surface area contributed by atoms with E-state index in [0.29, 0.717) is 17.1 Å².